The van der Waals surface area contributed by atoms with E-state index in [2.05, 4.69) is 0 Å². The molecule has 1 aromatic carbocycles. The molecule has 0 radical (unpaired) electrons. The summed E-state index contributed by atoms with van der Waals surface area (Å²) in [6.45, 7) is 0.779. The molecule has 1 aromatic rings. The lowest BCUT2D eigenvalue weighted by molar-refractivity contribution is 0.281. The van der Waals surface area contributed by atoms with Crippen LogP contribution in [0, 0.1) is 5.82 Å². The molecular weight excluding hydrogens is 181 g/mol. The molecule has 0 heterocycles. The fourth-order valence-electron chi connectivity index (χ4n) is 1.26. The molecule has 78 valence electrons. The van der Waals surface area contributed by atoms with Gasteiger partial charge in [0.25, 0.3) is 0 Å². The van der Waals surface area contributed by atoms with Crippen LogP contribution < -0.4 is 0 Å². The summed E-state index contributed by atoms with van der Waals surface area (Å²) >= 11 is 0. The van der Waals surface area contributed by atoms with Crippen LogP contribution in [0.15, 0.2) is 18.2 Å². The number of aliphatic hydroxyl groups is 1. The van der Waals surface area contributed by atoms with Crippen LogP contribution in [-0.2, 0) is 13.0 Å². The lowest BCUT2D eigenvalue weighted by Crippen LogP contribution is -2.15. The summed E-state index contributed by atoms with van der Waals surface area (Å²) in [7, 11) is 3.90. The van der Waals surface area contributed by atoms with Gasteiger partial charge in [0.15, 0.2) is 0 Å². The van der Waals surface area contributed by atoms with Gasteiger partial charge in [-0.2, -0.15) is 0 Å². The lowest BCUT2D eigenvalue weighted by atomic mass is 10.1. The molecule has 14 heavy (non-hydrogen) atoms. The number of aliphatic hydroxyl groups excluding tert-OH is 1. The van der Waals surface area contributed by atoms with Gasteiger partial charge in [-0.25, -0.2) is 4.39 Å². The van der Waals surface area contributed by atoms with Crippen molar-refractivity contribution in [1.29, 1.82) is 0 Å². The third-order valence-corrected chi connectivity index (χ3v) is 2.12. The molecule has 0 fully saturated rings. The maximum atomic E-state index is 13.3. The maximum Gasteiger partial charge on any atom is 0.126 e. The molecule has 0 spiro atoms. The molecule has 3 heteroatoms. The van der Waals surface area contributed by atoms with Gasteiger partial charge < -0.3 is 10.0 Å². The predicted octanol–water partition coefficient (Wildman–Crippen LogP) is 1.42. The van der Waals surface area contributed by atoms with Crippen molar-refractivity contribution in [3.05, 3.63) is 35.1 Å². The Balaban J connectivity index is 2.73. The third-order valence-electron chi connectivity index (χ3n) is 2.12. The Kier molecular flexibility index (Phi) is 4.04. The largest absolute Gasteiger partial charge is 0.392 e. The third kappa shape index (κ3) is 3.09. The van der Waals surface area contributed by atoms with E-state index in [9.17, 15) is 4.39 Å². The minimum absolute atomic E-state index is 0.0325. The molecule has 1 N–H and O–H groups in total. The van der Waals surface area contributed by atoms with Gasteiger partial charge in [-0.05, 0) is 37.7 Å². The average Bonchev–Trinajstić information content (AvgIpc) is 2.16. The van der Waals surface area contributed by atoms with Gasteiger partial charge >= 0.3 is 0 Å². The summed E-state index contributed by atoms with van der Waals surface area (Å²) in [6.07, 6.45) is 0.673. The fraction of sp³-hybridized carbons (Fsp3) is 0.455. The molecule has 0 amide bonds. The Labute approximate surface area is 84.0 Å². The van der Waals surface area contributed by atoms with Crippen molar-refractivity contribution in [3.63, 3.8) is 0 Å². The normalized spacial score (nSPS) is 10.9. The molecule has 0 aliphatic rings. The highest BCUT2D eigenvalue weighted by molar-refractivity contribution is 5.24. The highest BCUT2D eigenvalue weighted by Gasteiger charge is 2.03. The number of nitrogens with zero attached hydrogens (tertiary/aromatic N) is 1. The molecule has 0 saturated carbocycles. The number of hydrogen-bond donors (Lipinski definition) is 1. The Bertz CT molecular complexity index is 299. The van der Waals surface area contributed by atoms with E-state index >= 15 is 0 Å². The zero-order valence-electron chi connectivity index (χ0n) is 8.63. The first-order valence-corrected chi connectivity index (χ1v) is 4.66. The van der Waals surface area contributed by atoms with Crippen molar-refractivity contribution >= 4 is 0 Å². The molecule has 0 aliphatic carbocycles. The lowest BCUT2D eigenvalue weighted by Gasteiger charge is -2.10. The minimum Gasteiger partial charge on any atom is -0.392 e. The first-order valence-electron chi connectivity index (χ1n) is 4.66. The van der Waals surface area contributed by atoms with Crippen molar-refractivity contribution in [1.82, 2.24) is 4.90 Å². The average molecular weight is 197 g/mol. The molecule has 0 atom stereocenters. The van der Waals surface area contributed by atoms with Gasteiger partial charge in [-0.1, -0.05) is 12.1 Å². The summed E-state index contributed by atoms with van der Waals surface area (Å²) < 4.78 is 13.3. The Hall–Kier alpha value is -0.930. The number of benzene rings is 1. The van der Waals surface area contributed by atoms with Crippen LogP contribution in [0.2, 0.25) is 0 Å². The van der Waals surface area contributed by atoms with E-state index in [1.807, 2.05) is 19.0 Å². The van der Waals surface area contributed by atoms with Crippen molar-refractivity contribution in [3.8, 4) is 0 Å². The van der Waals surface area contributed by atoms with Gasteiger partial charge in [0, 0.05) is 6.54 Å². The van der Waals surface area contributed by atoms with Gasteiger partial charge in [0.1, 0.15) is 5.82 Å². The molecule has 0 aliphatic heterocycles. The summed E-state index contributed by atoms with van der Waals surface area (Å²) in [6, 6.07) is 4.74. The first-order chi connectivity index (χ1) is 6.63. The van der Waals surface area contributed by atoms with E-state index in [0.29, 0.717) is 12.0 Å². The Morgan fingerprint density at radius 3 is 2.64 bits per heavy atom. The SMILES string of the molecule is CN(C)CCc1cc(CO)ccc1F. The van der Waals surface area contributed by atoms with Gasteiger partial charge in [-0.15, -0.1) is 0 Å². The summed E-state index contributed by atoms with van der Waals surface area (Å²) in [5, 5.41) is 8.90. The summed E-state index contributed by atoms with van der Waals surface area (Å²) in [4.78, 5) is 2.01. The second kappa shape index (κ2) is 5.08. The first kappa shape index (κ1) is 11.1. The standard InChI is InChI=1S/C11H16FNO/c1-13(2)6-5-10-7-9(8-14)3-4-11(10)12/h3-4,7,14H,5-6,8H2,1-2H3. The number of halogens is 1. The zero-order valence-corrected chi connectivity index (χ0v) is 8.63. The molecule has 2 nitrogen and oxygen atoms in total. The maximum absolute atomic E-state index is 13.3. The van der Waals surface area contributed by atoms with Crippen molar-refractivity contribution in [2.24, 2.45) is 0 Å². The fourth-order valence-corrected chi connectivity index (χ4v) is 1.26. The van der Waals surface area contributed by atoms with E-state index in [1.54, 1.807) is 12.1 Å². The van der Waals surface area contributed by atoms with Crippen molar-refractivity contribution in [2.45, 2.75) is 13.0 Å². The number of rotatable bonds is 4. The second-order valence-electron chi connectivity index (χ2n) is 3.64. The van der Waals surface area contributed by atoms with Crippen LogP contribution in [0.1, 0.15) is 11.1 Å². The highest BCUT2D eigenvalue weighted by Crippen LogP contribution is 2.11. The Morgan fingerprint density at radius 1 is 1.36 bits per heavy atom. The zero-order chi connectivity index (χ0) is 10.6. The summed E-state index contributed by atoms with van der Waals surface area (Å²) in [5.74, 6) is -0.191. The van der Waals surface area contributed by atoms with E-state index < -0.39 is 0 Å². The van der Waals surface area contributed by atoms with Gasteiger partial charge in [0.2, 0.25) is 0 Å². The monoisotopic (exact) mass is 197 g/mol. The predicted molar refractivity (Wildman–Crippen MR) is 54.6 cm³/mol. The molecule has 0 aromatic heterocycles. The smallest absolute Gasteiger partial charge is 0.126 e. The number of hydrogen-bond acceptors (Lipinski definition) is 2. The highest BCUT2D eigenvalue weighted by atomic mass is 19.1. The van der Waals surface area contributed by atoms with Crippen LogP contribution in [0.25, 0.3) is 0 Å². The van der Waals surface area contributed by atoms with Crippen LogP contribution >= 0.6 is 0 Å². The van der Waals surface area contributed by atoms with E-state index in [-0.39, 0.29) is 12.4 Å². The van der Waals surface area contributed by atoms with Gasteiger partial charge in [-0.3, -0.25) is 0 Å². The molecule has 1 rings (SSSR count). The van der Waals surface area contributed by atoms with Gasteiger partial charge in [0.05, 0.1) is 6.61 Å². The summed E-state index contributed by atoms with van der Waals surface area (Å²) in [5.41, 5.74) is 1.44. The van der Waals surface area contributed by atoms with Crippen LogP contribution in [0.3, 0.4) is 0 Å². The van der Waals surface area contributed by atoms with E-state index in [1.165, 1.54) is 6.07 Å². The second-order valence-corrected chi connectivity index (χ2v) is 3.64. The quantitative estimate of drug-likeness (QED) is 0.789. The Morgan fingerprint density at radius 2 is 2.07 bits per heavy atom. The van der Waals surface area contributed by atoms with Crippen molar-refractivity contribution in [2.75, 3.05) is 20.6 Å². The molecule has 0 bridgehead atoms. The van der Waals surface area contributed by atoms with E-state index in [0.717, 1.165) is 12.1 Å². The van der Waals surface area contributed by atoms with Crippen LogP contribution in [0.5, 0.6) is 0 Å². The van der Waals surface area contributed by atoms with Crippen molar-refractivity contribution < 1.29 is 9.50 Å². The van der Waals surface area contributed by atoms with E-state index in [4.69, 9.17) is 5.11 Å². The minimum atomic E-state index is -0.191. The molecule has 0 saturated heterocycles. The number of likely N-dealkylation sites (N-methyl/N-ethyl adjacent to an activating group) is 1. The van der Waals surface area contributed by atoms with Crippen LogP contribution in [-0.4, -0.2) is 30.6 Å². The molecule has 0 unspecified atom stereocenters. The topological polar surface area (TPSA) is 23.5 Å². The molecular formula is C11H16FNO. The van der Waals surface area contributed by atoms with Crippen LogP contribution in [0.4, 0.5) is 4.39 Å².